The third kappa shape index (κ3) is 4.57. The second kappa shape index (κ2) is 7.24. The standard InChI is InChI=1S/C14H13BrN2O3S/c15-9-3-4-12(11(8-9)13(18)19)17-14(20)16-6-5-10-2-1-7-21-10/h1-4,7-8H,5-6H2,(H,18,19)(H2,16,17,20). The minimum Gasteiger partial charge on any atom is -0.478 e. The molecule has 0 saturated heterocycles. The molecule has 2 aromatic rings. The number of amides is 2. The molecule has 2 amide bonds. The van der Waals surface area contributed by atoms with E-state index in [1.807, 2.05) is 17.5 Å². The fourth-order valence-electron chi connectivity index (χ4n) is 1.72. The molecule has 0 aliphatic heterocycles. The maximum Gasteiger partial charge on any atom is 0.337 e. The van der Waals surface area contributed by atoms with E-state index in [2.05, 4.69) is 26.6 Å². The predicted molar refractivity (Wildman–Crippen MR) is 86.1 cm³/mol. The van der Waals surface area contributed by atoms with E-state index in [4.69, 9.17) is 5.11 Å². The van der Waals surface area contributed by atoms with Crippen molar-refractivity contribution in [2.45, 2.75) is 6.42 Å². The predicted octanol–water partition coefficient (Wildman–Crippen LogP) is 3.57. The van der Waals surface area contributed by atoms with E-state index >= 15 is 0 Å². The van der Waals surface area contributed by atoms with E-state index in [1.165, 1.54) is 10.9 Å². The highest BCUT2D eigenvalue weighted by atomic mass is 79.9. The molecule has 1 aromatic carbocycles. The Bertz CT molecular complexity index is 644. The summed E-state index contributed by atoms with van der Waals surface area (Å²) in [4.78, 5) is 24.1. The molecule has 0 aliphatic carbocycles. The summed E-state index contributed by atoms with van der Waals surface area (Å²) in [6.45, 7) is 0.491. The van der Waals surface area contributed by atoms with Gasteiger partial charge in [0.1, 0.15) is 0 Å². The van der Waals surface area contributed by atoms with Crippen molar-refractivity contribution in [2.24, 2.45) is 0 Å². The molecule has 0 unspecified atom stereocenters. The second-order valence-electron chi connectivity index (χ2n) is 4.21. The van der Waals surface area contributed by atoms with Gasteiger partial charge in [0.25, 0.3) is 0 Å². The molecule has 110 valence electrons. The lowest BCUT2D eigenvalue weighted by Crippen LogP contribution is -2.30. The molecule has 21 heavy (non-hydrogen) atoms. The van der Waals surface area contributed by atoms with Gasteiger partial charge in [-0.25, -0.2) is 9.59 Å². The lowest BCUT2D eigenvalue weighted by Gasteiger charge is -2.10. The highest BCUT2D eigenvalue weighted by Crippen LogP contribution is 2.21. The van der Waals surface area contributed by atoms with Gasteiger partial charge in [-0.3, -0.25) is 0 Å². The number of halogens is 1. The van der Waals surface area contributed by atoms with Gasteiger partial charge in [0.15, 0.2) is 0 Å². The smallest absolute Gasteiger partial charge is 0.337 e. The van der Waals surface area contributed by atoms with Crippen LogP contribution < -0.4 is 10.6 Å². The highest BCUT2D eigenvalue weighted by molar-refractivity contribution is 9.10. The average molecular weight is 369 g/mol. The summed E-state index contributed by atoms with van der Waals surface area (Å²) in [5.41, 5.74) is 0.303. The normalized spacial score (nSPS) is 10.1. The van der Waals surface area contributed by atoms with Gasteiger partial charge < -0.3 is 15.7 Å². The molecule has 2 rings (SSSR count). The molecule has 0 aliphatic rings. The Hall–Kier alpha value is -1.86. The quantitative estimate of drug-likeness (QED) is 0.754. The molecule has 0 radical (unpaired) electrons. The number of urea groups is 1. The first-order chi connectivity index (χ1) is 10.1. The molecule has 5 nitrogen and oxygen atoms in total. The summed E-state index contributed by atoms with van der Waals surface area (Å²) in [6, 6.07) is 8.21. The van der Waals surface area contributed by atoms with E-state index in [0.29, 0.717) is 11.0 Å². The van der Waals surface area contributed by atoms with E-state index in [9.17, 15) is 9.59 Å². The van der Waals surface area contributed by atoms with Crippen LogP contribution in [0.1, 0.15) is 15.2 Å². The first-order valence-corrected chi connectivity index (χ1v) is 7.83. The van der Waals surface area contributed by atoms with Crippen molar-refractivity contribution in [1.82, 2.24) is 5.32 Å². The fraction of sp³-hybridized carbons (Fsp3) is 0.143. The van der Waals surface area contributed by atoms with Gasteiger partial charge >= 0.3 is 12.0 Å². The van der Waals surface area contributed by atoms with Gasteiger partial charge in [0, 0.05) is 15.9 Å². The summed E-state index contributed by atoms with van der Waals surface area (Å²) >= 11 is 4.84. The first kappa shape index (κ1) is 15.5. The molecule has 0 bridgehead atoms. The first-order valence-electron chi connectivity index (χ1n) is 6.16. The number of carbonyl (C=O) groups excluding carboxylic acids is 1. The van der Waals surface area contributed by atoms with E-state index in [1.54, 1.807) is 23.5 Å². The van der Waals surface area contributed by atoms with Crippen LogP contribution in [-0.4, -0.2) is 23.7 Å². The molecular formula is C14H13BrN2O3S. The van der Waals surface area contributed by atoms with Gasteiger partial charge in [0.2, 0.25) is 0 Å². The highest BCUT2D eigenvalue weighted by Gasteiger charge is 2.12. The molecule has 3 N–H and O–H groups in total. The number of hydrogen-bond acceptors (Lipinski definition) is 3. The van der Waals surface area contributed by atoms with Crippen LogP contribution in [0.15, 0.2) is 40.2 Å². The number of aromatic carboxylic acids is 1. The Morgan fingerprint density at radius 1 is 1.29 bits per heavy atom. The summed E-state index contributed by atoms with van der Waals surface area (Å²) < 4.78 is 0.642. The Morgan fingerprint density at radius 3 is 2.76 bits per heavy atom. The lowest BCUT2D eigenvalue weighted by molar-refractivity contribution is 0.0698. The topological polar surface area (TPSA) is 78.4 Å². The number of carboxylic acids is 1. The van der Waals surface area contributed by atoms with Crippen LogP contribution in [-0.2, 0) is 6.42 Å². The number of hydrogen-bond donors (Lipinski definition) is 3. The van der Waals surface area contributed by atoms with Gasteiger partial charge in [-0.15, -0.1) is 11.3 Å². The molecule has 1 aromatic heterocycles. The zero-order chi connectivity index (χ0) is 15.2. The monoisotopic (exact) mass is 368 g/mol. The lowest BCUT2D eigenvalue weighted by atomic mass is 10.2. The van der Waals surface area contributed by atoms with Crippen LogP contribution in [0.25, 0.3) is 0 Å². The molecule has 0 atom stereocenters. The second-order valence-corrected chi connectivity index (χ2v) is 6.15. The summed E-state index contributed by atoms with van der Waals surface area (Å²) in [5.74, 6) is -1.09. The van der Waals surface area contributed by atoms with E-state index < -0.39 is 12.0 Å². The maximum absolute atomic E-state index is 11.8. The van der Waals surface area contributed by atoms with Gasteiger partial charge in [0.05, 0.1) is 11.3 Å². The van der Waals surface area contributed by atoms with Gasteiger partial charge in [-0.1, -0.05) is 22.0 Å². The summed E-state index contributed by atoms with van der Waals surface area (Å²) in [6.07, 6.45) is 0.747. The number of benzene rings is 1. The Kier molecular flexibility index (Phi) is 5.35. The van der Waals surface area contributed by atoms with Crippen molar-refractivity contribution >= 4 is 45.0 Å². The average Bonchev–Trinajstić information content (AvgIpc) is 2.94. The van der Waals surface area contributed by atoms with Crippen LogP contribution >= 0.6 is 27.3 Å². The SMILES string of the molecule is O=C(NCCc1cccs1)Nc1ccc(Br)cc1C(=O)O. The molecule has 1 heterocycles. The molecule has 0 fully saturated rings. The van der Waals surface area contributed by atoms with E-state index in [0.717, 1.165) is 6.42 Å². The zero-order valence-electron chi connectivity index (χ0n) is 10.9. The Morgan fingerprint density at radius 2 is 2.10 bits per heavy atom. The number of carbonyl (C=O) groups is 2. The van der Waals surface area contributed by atoms with E-state index in [-0.39, 0.29) is 11.3 Å². The summed E-state index contributed by atoms with van der Waals surface area (Å²) in [7, 11) is 0. The van der Waals surface area contributed by atoms with Crippen LogP contribution in [0.3, 0.4) is 0 Å². The van der Waals surface area contributed by atoms with Crippen LogP contribution in [0.4, 0.5) is 10.5 Å². The van der Waals surface area contributed by atoms with Crippen molar-refractivity contribution in [3.8, 4) is 0 Å². The molecular weight excluding hydrogens is 356 g/mol. The zero-order valence-corrected chi connectivity index (χ0v) is 13.3. The van der Waals surface area contributed by atoms with Crippen molar-refractivity contribution < 1.29 is 14.7 Å². The number of thiophene rings is 1. The molecule has 7 heteroatoms. The van der Waals surface area contributed by atoms with Crippen LogP contribution in [0.5, 0.6) is 0 Å². The van der Waals surface area contributed by atoms with Gasteiger partial charge in [-0.05, 0) is 36.1 Å². The minimum absolute atomic E-state index is 0.0396. The van der Waals surface area contributed by atoms with Crippen LogP contribution in [0.2, 0.25) is 0 Å². The summed E-state index contributed by atoms with van der Waals surface area (Å²) in [5, 5.41) is 16.3. The number of nitrogens with one attached hydrogen (secondary N) is 2. The third-order valence-electron chi connectivity index (χ3n) is 2.70. The minimum atomic E-state index is -1.09. The molecule has 0 saturated carbocycles. The molecule has 0 spiro atoms. The fourth-order valence-corrected chi connectivity index (χ4v) is 2.79. The van der Waals surface area contributed by atoms with Gasteiger partial charge in [-0.2, -0.15) is 0 Å². The Labute approximate surface area is 134 Å². The van der Waals surface area contributed by atoms with Crippen LogP contribution in [0, 0.1) is 0 Å². The van der Waals surface area contributed by atoms with Crippen molar-refractivity contribution in [1.29, 1.82) is 0 Å². The van der Waals surface area contributed by atoms with Crippen molar-refractivity contribution in [2.75, 3.05) is 11.9 Å². The number of anilines is 1. The largest absolute Gasteiger partial charge is 0.478 e. The third-order valence-corrected chi connectivity index (χ3v) is 4.13. The number of carboxylic acid groups (broad SMARTS) is 1. The number of rotatable bonds is 5. The Balaban J connectivity index is 1.92. The van der Waals surface area contributed by atoms with Crippen molar-refractivity contribution in [3.63, 3.8) is 0 Å². The maximum atomic E-state index is 11.8. The van der Waals surface area contributed by atoms with Crippen molar-refractivity contribution in [3.05, 3.63) is 50.6 Å².